The zero-order valence-electron chi connectivity index (χ0n) is 11.0. The molecule has 0 saturated heterocycles. The molecule has 2 atom stereocenters. The average Bonchev–Trinajstić information content (AvgIpc) is 2.40. The average molecular weight is 246 g/mol. The van der Waals surface area contributed by atoms with Crippen LogP contribution in [0, 0.1) is 11.3 Å². The van der Waals surface area contributed by atoms with Crippen molar-refractivity contribution in [3.8, 4) is 6.07 Å². The van der Waals surface area contributed by atoms with E-state index in [1.54, 1.807) is 31.2 Å². The van der Waals surface area contributed by atoms with Crippen LogP contribution in [0.15, 0.2) is 30.3 Å². The second kappa shape index (κ2) is 6.77. The van der Waals surface area contributed by atoms with Crippen LogP contribution in [0.5, 0.6) is 0 Å². The Bertz CT molecular complexity index is 425. The molecule has 0 radical (unpaired) electrons. The maximum atomic E-state index is 12.2. The third-order valence-corrected chi connectivity index (χ3v) is 2.93. The van der Waals surface area contributed by atoms with Gasteiger partial charge < -0.3 is 9.64 Å². The van der Waals surface area contributed by atoms with Crippen molar-refractivity contribution in [2.24, 2.45) is 0 Å². The van der Waals surface area contributed by atoms with Gasteiger partial charge in [0.15, 0.2) is 0 Å². The van der Waals surface area contributed by atoms with Gasteiger partial charge in [-0.15, -0.1) is 0 Å². The number of rotatable bonds is 5. The van der Waals surface area contributed by atoms with Gasteiger partial charge in [-0.25, -0.2) is 0 Å². The fraction of sp³-hybridized carbons (Fsp3) is 0.429. The summed E-state index contributed by atoms with van der Waals surface area (Å²) in [5, 5.41) is 9.18. The van der Waals surface area contributed by atoms with Crippen molar-refractivity contribution < 1.29 is 9.53 Å². The SMILES string of the molecule is COCC(C)N(C)C(=O)C(C#N)c1ccccc1. The number of hydrogen-bond acceptors (Lipinski definition) is 3. The molecule has 1 aromatic rings. The maximum absolute atomic E-state index is 12.2. The molecule has 0 spiro atoms. The smallest absolute Gasteiger partial charge is 0.244 e. The first-order chi connectivity index (χ1) is 8.61. The van der Waals surface area contributed by atoms with Gasteiger partial charge in [0.05, 0.1) is 18.7 Å². The third kappa shape index (κ3) is 3.31. The largest absolute Gasteiger partial charge is 0.383 e. The Labute approximate surface area is 108 Å². The van der Waals surface area contributed by atoms with E-state index in [1.165, 1.54) is 0 Å². The van der Waals surface area contributed by atoms with E-state index in [4.69, 9.17) is 4.74 Å². The molecule has 0 saturated carbocycles. The van der Waals surface area contributed by atoms with Crippen LogP contribution in [0.1, 0.15) is 18.4 Å². The fourth-order valence-electron chi connectivity index (χ4n) is 1.69. The van der Waals surface area contributed by atoms with Crippen LogP contribution in [-0.2, 0) is 9.53 Å². The van der Waals surface area contributed by atoms with Crippen LogP contribution in [-0.4, -0.2) is 37.6 Å². The highest BCUT2D eigenvalue weighted by Crippen LogP contribution is 2.18. The molecule has 2 unspecified atom stereocenters. The Balaban J connectivity index is 2.84. The van der Waals surface area contributed by atoms with Crippen molar-refractivity contribution in [2.75, 3.05) is 20.8 Å². The van der Waals surface area contributed by atoms with E-state index in [0.29, 0.717) is 6.61 Å². The molecule has 0 aliphatic carbocycles. The zero-order chi connectivity index (χ0) is 13.5. The molecule has 0 aliphatic heterocycles. The Morgan fingerprint density at radius 2 is 2.06 bits per heavy atom. The molecule has 1 aromatic carbocycles. The van der Waals surface area contributed by atoms with E-state index in [0.717, 1.165) is 5.56 Å². The molecule has 0 aliphatic rings. The molecule has 0 bridgehead atoms. The van der Waals surface area contributed by atoms with Gasteiger partial charge in [-0.3, -0.25) is 4.79 Å². The summed E-state index contributed by atoms with van der Waals surface area (Å²) in [5.41, 5.74) is 0.724. The van der Waals surface area contributed by atoms with E-state index in [2.05, 4.69) is 6.07 Å². The number of ether oxygens (including phenoxy) is 1. The molecular formula is C14H18N2O2. The lowest BCUT2D eigenvalue weighted by Crippen LogP contribution is -2.40. The number of nitrogens with zero attached hydrogens (tertiary/aromatic N) is 2. The van der Waals surface area contributed by atoms with Gasteiger partial charge in [-0.05, 0) is 12.5 Å². The Morgan fingerprint density at radius 3 is 2.56 bits per heavy atom. The van der Waals surface area contributed by atoms with Crippen LogP contribution < -0.4 is 0 Å². The molecule has 0 N–H and O–H groups in total. The zero-order valence-corrected chi connectivity index (χ0v) is 11.0. The highest BCUT2D eigenvalue weighted by Gasteiger charge is 2.26. The normalized spacial score (nSPS) is 13.4. The maximum Gasteiger partial charge on any atom is 0.244 e. The molecular weight excluding hydrogens is 228 g/mol. The number of carbonyl (C=O) groups is 1. The van der Waals surface area contributed by atoms with E-state index in [-0.39, 0.29) is 11.9 Å². The van der Waals surface area contributed by atoms with E-state index in [9.17, 15) is 10.1 Å². The van der Waals surface area contributed by atoms with Crippen molar-refractivity contribution >= 4 is 5.91 Å². The molecule has 18 heavy (non-hydrogen) atoms. The second-order valence-electron chi connectivity index (χ2n) is 4.23. The minimum absolute atomic E-state index is 0.0536. The van der Waals surface area contributed by atoms with Gasteiger partial charge in [-0.1, -0.05) is 30.3 Å². The van der Waals surface area contributed by atoms with E-state index >= 15 is 0 Å². The molecule has 1 rings (SSSR count). The van der Waals surface area contributed by atoms with Crippen molar-refractivity contribution in [1.82, 2.24) is 4.90 Å². The number of benzene rings is 1. The summed E-state index contributed by atoms with van der Waals surface area (Å²) in [4.78, 5) is 13.8. The Morgan fingerprint density at radius 1 is 1.44 bits per heavy atom. The summed E-state index contributed by atoms with van der Waals surface area (Å²) in [7, 11) is 3.28. The summed E-state index contributed by atoms with van der Waals surface area (Å²) < 4.78 is 5.02. The topological polar surface area (TPSA) is 53.3 Å². The predicted octanol–water partition coefficient (Wildman–Crippen LogP) is 1.79. The number of likely N-dealkylation sites (N-methyl/N-ethyl adjacent to an activating group) is 1. The first-order valence-corrected chi connectivity index (χ1v) is 5.82. The lowest BCUT2D eigenvalue weighted by atomic mass is 9.99. The summed E-state index contributed by atoms with van der Waals surface area (Å²) in [6, 6.07) is 11.1. The first-order valence-electron chi connectivity index (χ1n) is 5.82. The van der Waals surface area contributed by atoms with Crippen molar-refractivity contribution in [3.05, 3.63) is 35.9 Å². The number of hydrogen-bond donors (Lipinski definition) is 0. The van der Waals surface area contributed by atoms with E-state index < -0.39 is 5.92 Å². The van der Waals surface area contributed by atoms with Crippen LogP contribution in [0.2, 0.25) is 0 Å². The molecule has 0 fully saturated rings. The number of nitriles is 1. The van der Waals surface area contributed by atoms with Crippen LogP contribution in [0.4, 0.5) is 0 Å². The minimum atomic E-state index is -0.754. The Hall–Kier alpha value is -1.86. The predicted molar refractivity (Wildman–Crippen MR) is 68.9 cm³/mol. The van der Waals surface area contributed by atoms with Crippen molar-refractivity contribution in [3.63, 3.8) is 0 Å². The molecule has 4 nitrogen and oxygen atoms in total. The highest BCUT2D eigenvalue weighted by atomic mass is 16.5. The quantitative estimate of drug-likeness (QED) is 0.796. The Kier molecular flexibility index (Phi) is 5.34. The first kappa shape index (κ1) is 14.2. The fourth-order valence-corrected chi connectivity index (χ4v) is 1.69. The van der Waals surface area contributed by atoms with Gasteiger partial charge in [0.25, 0.3) is 0 Å². The second-order valence-corrected chi connectivity index (χ2v) is 4.23. The molecule has 1 amide bonds. The lowest BCUT2D eigenvalue weighted by molar-refractivity contribution is -0.132. The third-order valence-electron chi connectivity index (χ3n) is 2.93. The van der Waals surface area contributed by atoms with Gasteiger partial charge in [0, 0.05) is 14.2 Å². The van der Waals surface area contributed by atoms with Crippen LogP contribution >= 0.6 is 0 Å². The summed E-state index contributed by atoms with van der Waals surface area (Å²) in [5.74, 6) is -0.955. The number of carbonyl (C=O) groups excluding carboxylic acids is 1. The number of methoxy groups -OCH3 is 1. The summed E-state index contributed by atoms with van der Waals surface area (Å²) in [6.07, 6.45) is 0. The van der Waals surface area contributed by atoms with Gasteiger partial charge in [-0.2, -0.15) is 5.26 Å². The monoisotopic (exact) mass is 246 g/mol. The van der Waals surface area contributed by atoms with E-state index in [1.807, 2.05) is 25.1 Å². The van der Waals surface area contributed by atoms with Crippen molar-refractivity contribution in [2.45, 2.75) is 18.9 Å². The van der Waals surface area contributed by atoms with Crippen molar-refractivity contribution in [1.29, 1.82) is 5.26 Å². The summed E-state index contributed by atoms with van der Waals surface area (Å²) in [6.45, 7) is 2.34. The molecule has 0 heterocycles. The summed E-state index contributed by atoms with van der Waals surface area (Å²) >= 11 is 0. The van der Waals surface area contributed by atoms with Crippen LogP contribution in [0.25, 0.3) is 0 Å². The minimum Gasteiger partial charge on any atom is -0.383 e. The van der Waals surface area contributed by atoms with Crippen LogP contribution in [0.3, 0.4) is 0 Å². The van der Waals surface area contributed by atoms with Gasteiger partial charge in [0.2, 0.25) is 5.91 Å². The highest BCUT2D eigenvalue weighted by molar-refractivity contribution is 5.86. The van der Waals surface area contributed by atoms with Gasteiger partial charge in [0.1, 0.15) is 5.92 Å². The molecule has 96 valence electrons. The molecule has 0 aromatic heterocycles. The molecule has 4 heteroatoms. The van der Waals surface area contributed by atoms with Gasteiger partial charge >= 0.3 is 0 Å². The number of amides is 1. The lowest BCUT2D eigenvalue weighted by Gasteiger charge is -2.26. The standard InChI is InChI=1S/C14H18N2O2/c1-11(10-18-3)16(2)14(17)13(9-15)12-7-5-4-6-8-12/h4-8,11,13H,10H2,1-3H3.